The summed E-state index contributed by atoms with van der Waals surface area (Å²) >= 11 is 0. The number of nitrogens with two attached hydrogens (primary N) is 1. The molecule has 4 rings (SSSR count). The van der Waals surface area contributed by atoms with Crippen molar-refractivity contribution in [1.29, 1.82) is 5.26 Å². The molecule has 2 aromatic rings. The molecule has 3 N–H and O–H groups in total. The van der Waals surface area contributed by atoms with Crippen LogP contribution in [0.25, 0.3) is 11.1 Å². The van der Waals surface area contributed by atoms with Crippen molar-refractivity contribution in [2.45, 2.75) is 44.2 Å². The Kier molecular flexibility index (Phi) is 8.06. The van der Waals surface area contributed by atoms with Crippen LogP contribution in [0.3, 0.4) is 0 Å². The molecular weight excluding hydrogens is 463 g/mol. The third kappa shape index (κ3) is 5.94. The summed E-state index contributed by atoms with van der Waals surface area (Å²) in [5, 5.41) is 18.3. The fourth-order valence-electron chi connectivity index (χ4n) is 4.86. The summed E-state index contributed by atoms with van der Waals surface area (Å²) in [5.74, 6) is 0.200. The van der Waals surface area contributed by atoms with Crippen LogP contribution in [0, 0.1) is 23.1 Å². The SMILES string of the molecule is N#C[C@@H]1CCCN1C(=O)[C@@H](N)Cc1ccc(-c2cccc(OCC3CCN(C(=O)O)CC3)c2)cc1F. The lowest BCUT2D eigenvalue weighted by molar-refractivity contribution is -0.132. The summed E-state index contributed by atoms with van der Waals surface area (Å²) in [6.07, 6.45) is 2.12. The number of ether oxygens (including phenoxy) is 1. The summed E-state index contributed by atoms with van der Waals surface area (Å²) in [5.41, 5.74) is 7.92. The maximum absolute atomic E-state index is 14.9. The van der Waals surface area contributed by atoms with Gasteiger partial charge in [0, 0.05) is 19.6 Å². The highest BCUT2D eigenvalue weighted by atomic mass is 19.1. The minimum atomic E-state index is -0.904. The first kappa shape index (κ1) is 25.5. The molecule has 0 radical (unpaired) electrons. The quantitative estimate of drug-likeness (QED) is 0.606. The van der Waals surface area contributed by atoms with Crippen LogP contribution in [-0.4, -0.2) is 65.2 Å². The molecule has 2 atom stereocenters. The maximum Gasteiger partial charge on any atom is 0.407 e. The van der Waals surface area contributed by atoms with Crippen LogP contribution in [0.5, 0.6) is 5.75 Å². The van der Waals surface area contributed by atoms with E-state index in [4.69, 9.17) is 15.6 Å². The van der Waals surface area contributed by atoms with Gasteiger partial charge in [-0.1, -0.05) is 24.3 Å². The largest absolute Gasteiger partial charge is 0.493 e. The normalized spacial score (nSPS) is 19.1. The Morgan fingerprint density at radius 1 is 1.14 bits per heavy atom. The zero-order valence-electron chi connectivity index (χ0n) is 20.1. The van der Waals surface area contributed by atoms with Gasteiger partial charge in [0.15, 0.2) is 0 Å². The molecule has 2 aromatic carbocycles. The molecule has 0 aromatic heterocycles. The zero-order chi connectivity index (χ0) is 25.7. The van der Waals surface area contributed by atoms with E-state index in [1.165, 1.54) is 15.9 Å². The zero-order valence-corrected chi connectivity index (χ0v) is 20.1. The molecule has 2 heterocycles. The number of hydrogen-bond acceptors (Lipinski definition) is 5. The molecule has 2 aliphatic heterocycles. The van der Waals surface area contributed by atoms with E-state index in [-0.39, 0.29) is 18.2 Å². The van der Waals surface area contributed by atoms with E-state index in [1.54, 1.807) is 12.1 Å². The molecule has 2 amide bonds. The third-order valence-electron chi connectivity index (χ3n) is 7.03. The molecule has 0 spiro atoms. The van der Waals surface area contributed by atoms with Crippen LogP contribution in [-0.2, 0) is 11.2 Å². The van der Waals surface area contributed by atoms with Gasteiger partial charge in [0.1, 0.15) is 17.6 Å². The second-order valence-corrected chi connectivity index (χ2v) is 9.49. The van der Waals surface area contributed by atoms with E-state index in [9.17, 15) is 19.2 Å². The number of amides is 2. The highest BCUT2D eigenvalue weighted by Gasteiger charge is 2.32. The standard InChI is InChI=1S/C27H31FN4O4/c28-24-14-20(6-7-21(24)15-25(30)26(33)32-10-2-4-22(32)16-29)19-3-1-5-23(13-19)36-17-18-8-11-31(12-9-18)27(34)35/h1,3,5-7,13-14,18,22,25H,2,4,8-12,15,17,30H2,(H,34,35)/t22-,25-/m0/s1. The number of benzene rings is 2. The third-order valence-corrected chi connectivity index (χ3v) is 7.03. The number of carbonyl (C=O) groups is 2. The van der Waals surface area contributed by atoms with E-state index in [0.717, 1.165) is 24.8 Å². The smallest absolute Gasteiger partial charge is 0.407 e. The van der Waals surface area contributed by atoms with Crippen molar-refractivity contribution < 1.29 is 23.8 Å². The highest BCUT2D eigenvalue weighted by molar-refractivity contribution is 5.83. The van der Waals surface area contributed by atoms with Gasteiger partial charge >= 0.3 is 6.09 Å². The Hall–Kier alpha value is -3.64. The average Bonchev–Trinajstić information content (AvgIpc) is 3.37. The molecule has 2 saturated heterocycles. The van der Waals surface area contributed by atoms with Gasteiger partial charge in [0.05, 0.1) is 18.7 Å². The number of rotatable bonds is 7. The summed E-state index contributed by atoms with van der Waals surface area (Å²) in [6.45, 7) is 2.04. The van der Waals surface area contributed by atoms with Crippen molar-refractivity contribution >= 4 is 12.0 Å². The Labute approximate surface area is 210 Å². The summed E-state index contributed by atoms with van der Waals surface area (Å²) in [7, 11) is 0. The van der Waals surface area contributed by atoms with Crippen LogP contribution in [0.4, 0.5) is 9.18 Å². The van der Waals surface area contributed by atoms with Crippen molar-refractivity contribution in [3.8, 4) is 22.9 Å². The van der Waals surface area contributed by atoms with E-state index in [2.05, 4.69) is 6.07 Å². The van der Waals surface area contributed by atoms with Crippen LogP contribution < -0.4 is 10.5 Å². The Balaban J connectivity index is 1.36. The minimum Gasteiger partial charge on any atom is -0.493 e. The molecule has 8 nitrogen and oxygen atoms in total. The van der Waals surface area contributed by atoms with Crippen molar-refractivity contribution in [3.05, 3.63) is 53.8 Å². The Bertz CT molecular complexity index is 1140. The molecule has 0 saturated carbocycles. The maximum atomic E-state index is 14.9. The molecule has 0 unspecified atom stereocenters. The first-order valence-corrected chi connectivity index (χ1v) is 12.3. The molecule has 2 fully saturated rings. The fraction of sp³-hybridized carbons (Fsp3) is 0.444. The van der Waals surface area contributed by atoms with Gasteiger partial charge in [-0.25, -0.2) is 9.18 Å². The van der Waals surface area contributed by atoms with E-state index in [1.807, 2.05) is 24.3 Å². The lowest BCUT2D eigenvalue weighted by Gasteiger charge is -2.29. The Morgan fingerprint density at radius 3 is 2.58 bits per heavy atom. The van der Waals surface area contributed by atoms with Crippen LogP contribution >= 0.6 is 0 Å². The number of halogens is 1. The predicted octanol–water partition coefficient (Wildman–Crippen LogP) is 3.65. The second-order valence-electron chi connectivity index (χ2n) is 9.49. The topological polar surface area (TPSA) is 120 Å². The number of likely N-dealkylation sites (tertiary alicyclic amines) is 2. The molecule has 0 bridgehead atoms. The number of carbonyl (C=O) groups excluding carboxylic acids is 1. The van der Waals surface area contributed by atoms with Crippen molar-refractivity contribution in [2.24, 2.45) is 11.7 Å². The van der Waals surface area contributed by atoms with Gasteiger partial charge < -0.3 is 25.4 Å². The first-order chi connectivity index (χ1) is 17.4. The van der Waals surface area contributed by atoms with Crippen molar-refractivity contribution in [1.82, 2.24) is 9.80 Å². The minimum absolute atomic E-state index is 0.0590. The van der Waals surface area contributed by atoms with E-state index >= 15 is 0 Å². The van der Waals surface area contributed by atoms with Gasteiger partial charge in [-0.15, -0.1) is 0 Å². The summed E-state index contributed by atoms with van der Waals surface area (Å²) in [4.78, 5) is 26.6. The molecule has 9 heteroatoms. The van der Waals surface area contributed by atoms with Crippen molar-refractivity contribution in [2.75, 3.05) is 26.2 Å². The number of nitriles is 1. The molecule has 36 heavy (non-hydrogen) atoms. The van der Waals surface area contributed by atoms with Crippen LogP contribution in [0.15, 0.2) is 42.5 Å². The van der Waals surface area contributed by atoms with Gasteiger partial charge in [-0.2, -0.15) is 5.26 Å². The van der Waals surface area contributed by atoms with Crippen molar-refractivity contribution in [3.63, 3.8) is 0 Å². The molecule has 190 valence electrons. The highest BCUT2D eigenvalue weighted by Crippen LogP contribution is 2.27. The van der Waals surface area contributed by atoms with E-state index < -0.39 is 24.0 Å². The van der Waals surface area contributed by atoms with Gasteiger partial charge in [0.25, 0.3) is 0 Å². The predicted molar refractivity (Wildman–Crippen MR) is 132 cm³/mol. The number of piperidine rings is 1. The Morgan fingerprint density at radius 2 is 1.89 bits per heavy atom. The molecule has 2 aliphatic rings. The van der Waals surface area contributed by atoms with Gasteiger partial charge in [-0.05, 0) is 72.9 Å². The van der Waals surface area contributed by atoms with Gasteiger partial charge in [-0.3, -0.25) is 4.79 Å². The second kappa shape index (κ2) is 11.4. The number of carboxylic acid groups (broad SMARTS) is 1. The number of nitrogens with zero attached hydrogens (tertiary/aromatic N) is 3. The fourth-order valence-corrected chi connectivity index (χ4v) is 4.86. The average molecular weight is 495 g/mol. The number of hydrogen-bond donors (Lipinski definition) is 2. The van der Waals surface area contributed by atoms with Crippen LogP contribution in [0.1, 0.15) is 31.2 Å². The van der Waals surface area contributed by atoms with Crippen LogP contribution in [0.2, 0.25) is 0 Å². The summed E-state index contributed by atoms with van der Waals surface area (Å²) in [6, 6.07) is 13.1. The lowest BCUT2D eigenvalue weighted by atomic mass is 9.98. The summed E-state index contributed by atoms with van der Waals surface area (Å²) < 4.78 is 20.9. The molecule has 0 aliphatic carbocycles. The van der Waals surface area contributed by atoms with E-state index in [0.29, 0.717) is 49.5 Å². The lowest BCUT2D eigenvalue weighted by Crippen LogP contribution is -2.46. The van der Waals surface area contributed by atoms with Gasteiger partial charge in [0.2, 0.25) is 5.91 Å². The molecular formula is C27H31FN4O4. The first-order valence-electron chi connectivity index (χ1n) is 12.3. The monoisotopic (exact) mass is 494 g/mol.